The molecule has 0 fully saturated rings. The average Bonchev–Trinajstić information content (AvgIpc) is 2.50. The maximum absolute atomic E-state index is 12.2. The third kappa shape index (κ3) is 3.71. The van der Waals surface area contributed by atoms with Crippen LogP contribution in [0.4, 0.5) is 0 Å². The molecule has 5 nitrogen and oxygen atoms in total. The lowest BCUT2D eigenvalue weighted by Gasteiger charge is -2.16. The molecular formula is C16H19NO4. The number of rotatable bonds is 6. The first kappa shape index (κ1) is 15.3. The second kappa shape index (κ2) is 7.06. The molecule has 5 heteroatoms. The Morgan fingerprint density at radius 3 is 2.62 bits per heavy atom. The van der Waals surface area contributed by atoms with Gasteiger partial charge in [0, 0.05) is 19.9 Å². The number of hydrogen-bond donors (Lipinski definition) is 1. The number of hydrogen-bond acceptors (Lipinski definition) is 4. The SMILES string of the molecule is CCOC(O)c1ccn(C)c(=O)c1OCc1ccccc1. The summed E-state index contributed by atoms with van der Waals surface area (Å²) in [5.74, 6) is 0.116. The van der Waals surface area contributed by atoms with Gasteiger partial charge >= 0.3 is 0 Å². The van der Waals surface area contributed by atoms with Crippen LogP contribution >= 0.6 is 0 Å². The van der Waals surface area contributed by atoms with E-state index in [-0.39, 0.29) is 17.9 Å². The van der Waals surface area contributed by atoms with Gasteiger partial charge in [-0.05, 0) is 18.6 Å². The van der Waals surface area contributed by atoms with Gasteiger partial charge in [0.25, 0.3) is 5.56 Å². The highest BCUT2D eigenvalue weighted by atomic mass is 16.6. The molecule has 112 valence electrons. The van der Waals surface area contributed by atoms with Gasteiger partial charge in [0.2, 0.25) is 0 Å². The lowest BCUT2D eigenvalue weighted by atomic mass is 10.2. The third-order valence-corrected chi connectivity index (χ3v) is 3.07. The molecule has 2 aromatic rings. The third-order valence-electron chi connectivity index (χ3n) is 3.07. The van der Waals surface area contributed by atoms with Crippen LogP contribution in [-0.4, -0.2) is 16.3 Å². The molecule has 21 heavy (non-hydrogen) atoms. The molecule has 1 aromatic carbocycles. The number of aromatic nitrogens is 1. The van der Waals surface area contributed by atoms with Crippen molar-refractivity contribution in [2.45, 2.75) is 19.8 Å². The summed E-state index contributed by atoms with van der Waals surface area (Å²) in [6, 6.07) is 11.2. The minimum absolute atomic E-state index is 0.116. The summed E-state index contributed by atoms with van der Waals surface area (Å²) < 4.78 is 12.2. The zero-order valence-corrected chi connectivity index (χ0v) is 12.2. The van der Waals surface area contributed by atoms with Gasteiger partial charge in [0.1, 0.15) is 6.61 Å². The molecule has 0 amide bonds. The summed E-state index contributed by atoms with van der Waals surface area (Å²) in [5.41, 5.74) is 0.985. The number of nitrogens with zero attached hydrogens (tertiary/aromatic N) is 1. The van der Waals surface area contributed by atoms with Gasteiger partial charge in [-0.3, -0.25) is 4.79 Å². The van der Waals surface area contributed by atoms with Crippen LogP contribution in [0.25, 0.3) is 0 Å². The normalized spacial score (nSPS) is 12.1. The fraction of sp³-hybridized carbons (Fsp3) is 0.312. The van der Waals surface area contributed by atoms with Crippen LogP contribution in [0.3, 0.4) is 0 Å². The zero-order chi connectivity index (χ0) is 15.2. The molecule has 0 aliphatic carbocycles. The molecule has 1 heterocycles. The molecule has 1 atom stereocenters. The van der Waals surface area contributed by atoms with Gasteiger partial charge in [-0.2, -0.15) is 0 Å². The van der Waals surface area contributed by atoms with Crippen molar-refractivity contribution in [3.05, 3.63) is 64.1 Å². The van der Waals surface area contributed by atoms with Crippen LogP contribution in [0, 0.1) is 0 Å². The molecule has 0 radical (unpaired) electrons. The highest BCUT2D eigenvalue weighted by Gasteiger charge is 2.18. The topological polar surface area (TPSA) is 60.7 Å². The lowest BCUT2D eigenvalue weighted by Crippen LogP contribution is -2.22. The minimum Gasteiger partial charge on any atom is -0.483 e. The van der Waals surface area contributed by atoms with E-state index in [0.29, 0.717) is 12.2 Å². The van der Waals surface area contributed by atoms with Crippen LogP contribution in [0.1, 0.15) is 24.3 Å². The van der Waals surface area contributed by atoms with Gasteiger partial charge in [-0.1, -0.05) is 30.3 Å². The molecule has 1 N–H and O–H groups in total. The fourth-order valence-corrected chi connectivity index (χ4v) is 1.94. The Labute approximate surface area is 123 Å². The first-order valence-electron chi connectivity index (χ1n) is 6.79. The van der Waals surface area contributed by atoms with E-state index in [1.165, 1.54) is 4.57 Å². The van der Waals surface area contributed by atoms with Gasteiger partial charge in [-0.25, -0.2) is 0 Å². The molecule has 1 aromatic heterocycles. The van der Waals surface area contributed by atoms with Crippen molar-refractivity contribution in [3.63, 3.8) is 0 Å². The standard InChI is InChI=1S/C16H19NO4/c1-3-20-16(19)13-9-10-17(2)15(18)14(13)21-11-12-7-5-4-6-8-12/h4-10,16,19H,3,11H2,1-2H3. The zero-order valence-electron chi connectivity index (χ0n) is 12.2. The average molecular weight is 289 g/mol. The van der Waals surface area contributed by atoms with E-state index in [1.54, 1.807) is 26.2 Å². The smallest absolute Gasteiger partial charge is 0.293 e. The maximum Gasteiger partial charge on any atom is 0.293 e. The molecule has 0 aliphatic heterocycles. The molecular weight excluding hydrogens is 270 g/mol. The Kier molecular flexibility index (Phi) is 5.14. The predicted molar refractivity (Wildman–Crippen MR) is 79.0 cm³/mol. The number of benzene rings is 1. The van der Waals surface area contributed by atoms with Gasteiger partial charge < -0.3 is 19.1 Å². The van der Waals surface area contributed by atoms with Crippen LogP contribution in [0.5, 0.6) is 5.75 Å². The summed E-state index contributed by atoms with van der Waals surface area (Å²) >= 11 is 0. The molecule has 0 bridgehead atoms. The van der Waals surface area contributed by atoms with Crippen molar-refractivity contribution < 1.29 is 14.6 Å². The summed E-state index contributed by atoms with van der Waals surface area (Å²) in [7, 11) is 1.63. The quantitative estimate of drug-likeness (QED) is 0.826. The number of aliphatic hydroxyl groups excluding tert-OH is 1. The fourth-order valence-electron chi connectivity index (χ4n) is 1.94. The summed E-state index contributed by atoms with van der Waals surface area (Å²) in [6.45, 7) is 2.37. The monoisotopic (exact) mass is 289 g/mol. The first-order valence-corrected chi connectivity index (χ1v) is 6.79. The Bertz CT molecular complexity index is 636. The van der Waals surface area contributed by atoms with E-state index < -0.39 is 6.29 Å². The van der Waals surface area contributed by atoms with Crippen molar-refractivity contribution in [1.29, 1.82) is 0 Å². The molecule has 2 rings (SSSR count). The second-order valence-electron chi connectivity index (χ2n) is 4.60. The summed E-state index contributed by atoms with van der Waals surface area (Å²) in [6.07, 6.45) is 0.407. The highest BCUT2D eigenvalue weighted by Crippen LogP contribution is 2.23. The predicted octanol–water partition coefficient (Wildman–Crippen LogP) is 1.99. The van der Waals surface area contributed by atoms with Crippen molar-refractivity contribution in [3.8, 4) is 5.75 Å². The summed E-state index contributed by atoms with van der Waals surface area (Å²) in [5, 5.41) is 9.96. The van der Waals surface area contributed by atoms with Gasteiger partial charge in [0.15, 0.2) is 12.0 Å². The minimum atomic E-state index is -1.17. The molecule has 0 spiro atoms. The van der Waals surface area contributed by atoms with Gasteiger partial charge in [-0.15, -0.1) is 0 Å². The van der Waals surface area contributed by atoms with E-state index in [9.17, 15) is 9.90 Å². The molecule has 0 saturated carbocycles. The second-order valence-corrected chi connectivity index (χ2v) is 4.60. The van der Waals surface area contributed by atoms with Crippen molar-refractivity contribution >= 4 is 0 Å². The maximum atomic E-state index is 12.2. The summed E-state index contributed by atoms with van der Waals surface area (Å²) in [4.78, 5) is 12.2. The van der Waals surface area contributed by atoms with Crippen LogP contribution in [0.2, 0.25) is 0 Å². The molecule has 1 unspecified atom stereocenters. The first-order chi connectivity index (χ1) is 10.1. The molecule has 0 aliphatic rings. The highest BCUT2D eigenvalue weighted by molar-refractivity contribution is 5.32. The van der Waals surface area contributed by atoms with E-state index in [2.05, 4.69) is 0 Å². The van der Waals surface area contributed by atoms with Crippen LogP contribution in [-0.2, 0) is 18.4 Å². The number of pyridine rings is 1. The largest absolute Gasteiger partial charge is 0.483 e. The van der Waals surface area contributed by atoms with Crippen LogP contribution in [0.15, 0.2) is 47.4 Å². The Morgan fingerprint density at radius 2 is 1.95 bits per heavy atom. The Balaban J connectivity index is 2.27. The Hall–Kier alpha value is -2.11. The lowest BCUT2D eigenvalue weighted by molar-refractivity contribution is -0.0994. The van der Waals surface area contributed by atoms with E-state index in [1.807, 2.05) is 30.3 Å². The number of aryl methyl sites for hydroxylation is 1. The van der Waals surface area contributed by atoms with Crippen molar-refractivity contribution in [2.75, 3.05) is 6.61 Å². The van der Waals surface area contributed by atoms with E-state index in [4.69, 9.17) is 9.47 Å². The van der Waals surface area contributed by atoms with E-state index in [0.717, 1.165) is 5.56 Å². The van der Waals surface area contributed by atoms with Crippen molar-refractivity contribution in [1.82, 2.24) is 4.57 Å². The van der Waals surface area contributed by atoms with E-state index >= 15 is 0 Å². The van der Waals surface area contributed by atoms with Crippen molar-refractivity contribution in [2.24, 2.45) is 7.05 Å². The van der Waals surface area contributed by atoms with Gasteiger partial charge in [0.05, 0.1) is 5.56 Å². The Morgan fingerprint density at radius 1 is 1.24 bits per heavy atom. The number of ether oxygens (including phenoxy) is 2. The number of aliphatic hydroxyl groups is 1. The molecule has 0 saturated heterocycles. The van der Waals surface area contributed by atoms with Crippen LogP contribution < -0.4 is 10.3 Å².